The van der Waals surface area contributed by atoms with Crippen LogP contribution in [0.15, 0.2) is 0 Å². The van der Waals surface area contributed by atoms with Crippen molar-refractivity contribution in [2.45, 2.75) is 57.5 Å². The highest BCUT2D eigenvalue weighted by atomic mass is 15.2. The smallest absolute Gasteiger partial charge is 0.0356 e. The summed E-state index contributed by atoms with van der Waals surface area (Å²) >= 11 is 0. The topological polar surface area (TPSA) is 29.3 Å². The second-order valence-corrected chi connectivity index (χ2v) is 5.21. The number of hydrogen-bond acceptors (Lipinski definition) is 2. The van der Waals surface area contributed by atoms with Crippen molar-refractivity contribution >= 4 is 0 Å². The molecule has 0 aliphatic heterocycles. The van der Waals surface area contributed by atoms with E-state index >= 15 is 0 Å². The largest absolute Gasteiger partial charge is 0.326 e. The summed E-state index contributed by atoms with van der Waals surface area (Å²) in [5.41, 5.74) is 6.57. The molecule has 0 amide bonds. The van der Waals surface area contributed by atoms with Gasteiger partial charge in [-0.3, -0.25) is 0 Å². The Balaban J connectivity index is 2.80. The minimum Gasteiger partial charge on any atom is -0.326 e. The van der Waals surface area contributed by atoms with Crippen molar-refractivity contribution in [1.82, 2.24) is 4.90 Å². The lowest BCUT2D eigenvalue weighted by Crippen LogP contribution is -2.59. The summed E-state index contributed by atoms with van der Waals surface area (Å²) in [6.07, 6.45) is 6.36. The van der Waals surface area contributed by atoms with Crippen LogP contribution in [0, 0.1) is 5.92 Å². The van der Waals surface area contributed by atoms with Gasteiger partial charge >= 0.3 is 0 Å². The molecule has 0 bridgehead atoms. The molecule has 84 valence electrons. The summed E-state index contributed by atoms with van der Waals surface area (Å²) in [5.74, 6) is 0.837. The summed E-state index contributed by atoms with van der Waals surface area (Å²) in [6, 6.07) is 0.334. The van der Waals surface area contributed by atoms with Crippen LogP contribution in [-0.2, 0) is 0 Å². The summed E-state index contributed by atoms with van der Waals surface area (Å²) < 4.78 is 0. The van der Waals surface area contributed by atoms with E-state index in [0.29, 0.717) is 6.04 Å². The summed E-state index contributed by atoms with van der Waals surface area (Å²) in [6.45, 7) is 4.56. The van der Waals surface area contributed by atoms with E-state index in [0.717, 1.165) is 12.3 Å². The Kier molecular flexibility index (Phi) is 3.96. The van der Waals surface area contributed by atoms with Gasteiger partial charge in [0.25, 0.3) is 0 Å². The first-order valence-electron chi connectivity index (χ1n) is 5.96. The van der Waals surface area contributed by atoms with Crippen molar-refractivity contribution < 1.29 is 0 Å². The maximum Gasteiger partial charge on any atom is 0.0356 e. The van der Waals surface area contributed by atoms with Crippen LogP contribution in [0.25, 0.3) is 0 Å². The van der Waals surface area contributed by atoms with Crippen molar-refractivity contribution in [3.8, 4) is 0 Å². The van der Waals surface area contributed by atoms with Crippen LogP contribution in [0.5, 0.6) is 0 Å². The highest BCUT2D eigenvalue weighted by Gasteiger charge is 2.40. The zero-order chi connectivity index (χ0) is 10.8. The number of nitrogens with zero attached hydrogens (tertiary/aromatic N) is 1. The van der Waals surface area contributed by atoms with Gasteiger partial charge in [0, 0.05) is 11.6 Å². The SMILES string of the molecule is CCC(N)C1(N(C)C)CCCC(C)C1. The van der Waals surface area contributed by atoms with E-state index in [-0.39, 0.29) is 5.54 Å². The van der Waals surface area contributed by atoms with Crippen LogP contribution < -0.4 is 5.73 Å². The van der Waals surface area contributed by atoms with Crippen molar-refractivity contribution in [1.29, 1.82) is 0 Å². The average molecular weight is 198 g/mol. The fourth-order valence-electron chi connectivity index (χ4n) is 3.02. The van der Waals surface area contributed by atoms with Gasteiger partial charge in [-0.2, -0.15) is 0 Å². The Bertz CT molecular complexity index is 179. The first kappa shape index (κ1) is 12.0. The van der Waals surface area contributed by atoms with Gasteiger partial charge in [0.1, 0.15) is 0 Å². The third kappa shape index (κ3) is 2.12. The highest BCUT2D eigenvalue weighted by Crippen LogP contribution is 2.38. The quantitative estimate of drug-likeness (QED) is 0.753. The second-order valence-electron chi connectivity index (χ2n) is 5.21. The van der Waals surface area contributed by atoms with Crippen molar-refractivity contribution in [2.75, 3.05) is 14.1 Å². The number of likely N-dealkylation sites (N-methyl/N-ethyl adjacent to an activating group) is 1. The molecule has 0 aromatic heterocycles. The van der Waals surface area contributed by atoms with Gasteiger partial charge in [-0.25, -0.2) is 0 Å². The van der Waals surface area contributed by atoms with Gasteiger partial charge in [0.05, 0.1) is 0 Å². The molecular weight excluding hydrogens is 172 g/mol. The molecule has 1 fully saturated rings. The van der Waals surface area contributed by atoms with Gasteiger partial charge in [-0.05, 0) is 39.3 Å². The van der Waals surface area contributed by atoms with Crippen LogP contribution in [0.1, 0.15) is 46.0 Å². The van der Waals surface area contributed by atoms with E-state index in [1.165, 1.54) is 25.7 Å². The Morgan fingerprint density at radius 2 is 2.14 bits per heavy atom. The van der Waals surface area contributed by atoms with Gasteiger partial charge in [0.15, 0.2) is 0 Å². The summed E-state index contributed by atoms with van der Waals surface area (Å²) in [5, 5.41) is 0. The fourth-order valence-corrected chi connectivity index (χ4v) is 3.02. The first-order chi connectivity index (χ1) is 6.53. The van der Waals surface area contributed by atoms with Crippen LogP contribution >= 0.6 is 0 Å². The number of nitrogens with two attached hydrogens (primary N) is 1. The normalized spacial score (nSPS) is 36.0. The van der Waals surface area contributed by atoms with Gasteiger partial charge in [-0.1, -0.05) is 26.7 Å². The molecular formula is C12H26N2. The van der Waals surface area contributed by atoms with Crippen LogP contribution in [-0.4, -0.2) is 30.6 Å². The van der Waals surface area contributed by atoms with Gasteiger partial charge in [-0.15, -0.1) is 0 Å². The van der Waals surface area contributed by atoms with Crippen molar-refractivity contribution in [3.05, 3.63) is 0 Å². The molecule has 1 rings (SSSR count). The number of rotatable bonds is 3. The molecule has 0 spiro atoms. The molecule has 3 unspecified atom stereocenters. The molecule has 0 aromatic carbocycles. The molecule has 1 aliphatic rings. The lowest BCUT2D eigenvalue weighted by atomic mass is 9.71. The first-order valence-corrected chi connectivity index (χ1v) is 5.96. The lowest BCUT2D eigenvalue weighted by Gasteiger charge is -2.49. The molecule has 3 atom stereocenters. The van der Waals surface area contributed by atoms with Crippen LogP contribution in [0.4, 0.5) is 0 Å². The van der Waals surface area contributed by atoms with E-state index in [4.69, 9.17) is 5.73 Å². The van der Waals surface area contributed by atoms with Gasteiger partial charge in [0.2, 0.25) is 0 Å². The van der Waals surface area contributed by atoms with E-state index < -0.39 is 0 Å². The minimum atomic E-state index is 0.270. The second kappa shape index (κ2) is 4.63. The van der Waals surface area contributed by atoms with E-state index in [1.54, 1.807) is 0 Å². The predicted octanol–water partition coefficient (Wildman–Crippen LogP) is 2.23. The van der Waals surface area contributed by atoms with E-state index in [2.05, 4.69) is 32.8 Å². The molecule has 1 saturated carbocycles. The predicted molar refractivity (Wildman–Crippen MR) is 62.3 cm³/mol. The highest BCUT2D eigenvalue weighted by molar-refractivity contribution is 4.99. The molecule has 2 nitrogen and oxygen atoms in total. The third-order valence-electron chi connectivity index (χ3n) is 4.03. The Labute approximate surface area is 88.8 Å². The Morgan fingerprint density at radius 3 is 2.57 bits per heavy atom. The zero-order valence-corrected chi connectivity index (χ0v) is 10.2. The Hall–Kier alpha value is -0.0800. The standard InChI is InChI=1S/C12H26N2/c1-5-11(13)12(14(3)4)8-6-7-10(2)9-12/h10-11H,5-9,13H2,1-4H3. The molecule has 0 radical (unpaired) electrons. The Morgan fingerprint density at radius 1 is 1.50 bits per heavy atom. The fraction of sp³-hybridized carbons (Fsp3) is 1.00. The molecule has 2 heteroatoms. The lowest BCUT2D eigenvalue weighted by molar-refractivity contribution is 0.0492. The molecule has 2 N–H and O–H groups in total. The van der Waals surface area contributed by atoms with E-state index in [1.807, 2.05) is 0 Å². The van der Waals surface area contributed by atoms with Crippen LogP contribution in [0.2, 0.25) is 0 Å². The summed E-state index contributed by atoms with van der Waals surface area (Å²) in [7, 11) is 4.38. The molecule has 0 heterocycles. The minimum absolute atomic E-state index is 0.270. The number of hydrogen-bond donors (Lipinski definition) is 1. The third-order valence-corrected chi connectivity index (χ3v) is 4.03. The molecule has 1 aliphatic carbocycles. The maximum atomic E-state index is 6.30. The zero-order valence-electron chi connectivity index (χ0n) is 10.2. The monoisotopic (exact) mass is 198 g/mol. The van der Waals surface area contributed by atoms with E-state index in [9.17, 15) is 0 Å². The molecule has 0 aromatic rings. The average Bonchev–Trinajstić information content (AvgIpc) is 2.16. The van der Waals surface area contributed by atoms with Crippen LogP contribution in [0.3, 0.4) is 0 Å². The maximum absolute atomic E-state index is 6.30. The van der Waals surface area contributed by atoms with Crippen molar-refractivity contribution in [3.63, 3.8) is 0 Å². The molecule has 0 saturated heterocycles. The van der Waals surface area contributed by atoms with Crippen molar-refractivity contribution in [2.24, 2.45) is 11.7 Å². The van der Waals surface area contributed by atoms with Gasteiger partial charge < -0.3 is 10.6 Å². The molecule has 14 heavy (non-hydrogen) atoms. The summed E-state index contributed by atoms with van der Waals surface area (Å²) in [4.78, 5) is 2.37.